The van der Waals surface area contributed by atoms with Crippen LogP contribution in [0.1, 0.15) is 43.1 Å². The van der Waals surface area contributed by atoms with Crippen LogP contribution in [0.3, 0.4) is 0 Å². The molecule has 4 nitrogen and oxygen atoms in total. The first kappa shape index (κ1) is 15.4. The van der Waals surface area contributed by atoms with Gasteiger partial charge in [-0.1, -0.05) is 38.1 Å². The molecule has 1 aliphatic rings. The van der Waals surface area contributed by atoms with Crippen LogP contribution in [0, 0.1) is 0 Å². The van der Waals surface area contributed by atoms with Crippen LogP contribution in [0.5, 0.6) is 11.5 Å². The normalized spacial score (nSPS) is 16.3. The number of rotatable bonds is 4. The van der Waals surface area contributed by atoms with Crippen LogP contribution in [0.25, 0.3) is 0 Å². The fourth-order valence-corrected chi connectivity index (χ4v) is 3.10. The highest BCUT2D eigenvalue weighted by Gasteiger charge is 2.25. The second kappa shape index (κ2) is 6.32. The van der Waals surface area contributed by atoms with E-state index in [2.05, 4.69) is 37.4 Å². The Kier molecular flexibility index (Phi) is 4.24. The molecule has 0 aromatic heterocycles. The van der Waals surface area contributed by atoms with Crippen LogP contribution in [-0.4, -0.2) is 17.9 Å². The Bertz CT molecular complexity index is 753. The Labute approximate surface area is 136 Å². The van der Waals surface area contributed by atoms with E-state index >= 15 is 0 Å². The van der Waals surface area contributed by atoms with Crippen molar-refractivity contribution >= 4 is 11.4 Å². The van der Waals surface area contributed by atoms with Gasteiger partial charge in [0.2, 0.25) is 0 Å². The number of anilines is 1. The second-order valence-corrected chi connectivity index (χ2v) is 5.57. The first-order chi connectivity index (χ1) is 11.2. The number of aryl methyl sites for hydroxylation is 1. The first-order valence-electron chi connectivity index (χ1n) is 8.00. The van der Waals surface area contributed by atoms with Gasteiger partial charge >= 0.3 is 0 Å². The van der Waals surface area contributed by atoms with Crippen LogP contribution in [0.15, 0.2) is 41.4 Å². The number of aliphatic imine (C=N–C) groups is 1. The van der Waals surface area contributed by atoms with Crippen molar-refractivity contribution in [1.82, 2.24) is 0 Å². The summed E-state index contributed by atoms with van der Waals surface area (Å²) in [5.41, 5.74) is 5.37. The maximum absolute atomic E-state index is 10.4. The number of ether oxygens (including phenoxy) is 1. The molecule has 120 valence electrons. The van der Waals surface area contributed by atoms with Gasteiger partial charge in [-0.05, 0) is 30.5 Å². The molecular formula is C19H22N2O2. The fourth-order valence-electron chi connectivity index (χ4n) is 3.10. The monoisotopic (exact) mass is 310 g/mol. The number of para-hydroxylation sites is 1. The smallest absolute Gasteiger partial charge is 0.164 e. The van der Waals surface area contributed by atoms with Crippen molar-refractivity contribution < 1.29 is 9.84 Å². The third-order valence-corrected chi connectivity index (χ3v) is 4.28. The Hall–Kier alpha value is -2.49. The van der Waals surface area contributed by atoms with Crippen LogP contribution in [0.2, 0.25) is 0 Å². The van der Waals surface area contributed by atoms with E-state index in [1.54, 1.807) is 13.2 Å². The molecule has 0 bridgehead atoms. The largest absolute Gasteiger partial charge is 0.504 e. The minimum absolute atomic E-state index is 0.141. The number of benzene rings is 2. The van der Waals surface area contributed by atoms with Gasteiger partial charge in [0.15, 0.2) is 11.5 Å². The maximum Gasteiger partial charge on any atom is 0.164 e. The van der Waals surface area contributed by atoms with Crippen LogP contribution >= 0.6 is 0 Å². The summed E-state index contributed by atoms with van der Waals surface area (Å²) in [4.78, 5) is 4.85. The summed E-state index contributed by atoms with van der Waals surface area (Å²) >= 11 is 0. The third kappa shape index (κ3) is 2.65. The molecule has 0 aliphatic carbocycles. The number of aromatic hydroxyl groups is 1. The third-order valence-electron chi connectivity index (χ3n) is 4.28. The molecule has 2 aromatic carbocycles. The Morgan fingerprint density at radius 2 is 1.91 bits per heavy atom. The molecule has 23 heavy (non-hydrogen) atoms. The van der Waals surface area contributed by atoms with Gasteiger partial charge in [-0.2, -0.15) is 0 Å². The number of fused-ring (bicyclic) bond motifs is 1. The molecule has 0 fully saturated rings. The lowest BCUT2D eigenvalue weighted by atomic mass is 9.95. The van der Waals surface area contributed by atoms with Crippen molar-refractivity contribution in [3.8, 4) is 11.5 Å². The lowest BCUT2D eigenvalue weighted by Crippen LogP contribution is -2.21. The number of phenolic OH excluding ortho intramolecular Hbond substituents is 1. The molecule has 1 aliphatic heterocycles. The minimum Gasteiger partial charge on any atom is -0.504 e. The molecular weight excluding hydrogens is 288 g/mol. The maximum atomic E-state index is 10.4. The number of hydrogen-bond acceptors (Lipinski definition) is 4. The number of methoxy groups -OCH3 is 1. The van der Waals surface area contributed by atoms with Gasteiger partial charge in [-0.15, -0.1) is 0 Å². The average Bonchev–Trinajstić information content (AvgIpc) is 2.60. The Morgan fingerprint density at radius 3 is 2.61 bits per heavy atom. The molecule has 2 N–H and O–H groups in total. The van der Waals surface area contributed by atoms with Gasteiger partial charge in [-0.25, -0.2) is 0 Å². The van der Waals surface area contributed by atoms with E-state index in [0.717, 1.165) is 29.8 Å². The van der Waals surface area contributed by atoms with Crippen molar-refractivity contribution in [3.63, 3.8) is 0 Å². The highest BCUT2D eigenvalue weighted by Crippen LogP contribution is 2.39. The standard InChI is InChI=1S/C19H22N2O2/c1-4-12-8-6-10-15-17(12)14(5-2)20-19(21-15)13-9-7-11-16(23-3)18(13)22/h6-11,19,21-22H,4-5H2,1-3H3. The quantitative estimate of drug-likeness (QED) is 0.886. The number of hydrogen-bond donors (Lipinski definition) is 2. The topological polar surface area (TPSA) is 53.9 Å². The molecule has 0 spiro atoms. The van der Waals surface area contributed by atoms with Crippen molar-refractivity contribution in [2.45, 2.75) is 32.9 Å². The lowest BCUT2D eigenvalue weighted by molar-refractivity contribution is 0.369. The van der Waals surface area contributed by atoms with E-state index in [-0.39, 0.29) is 11.9 Å². The molecule has 4 heteroatoms. The number of nitrogens with one attached hydrogen (secondary N) is 1. The van der Waals surface area contributed by atoms with Crippen LogP contribution < -0.4 is 10.1 Å². The number of phenols is 1. The highest BCUT2D eigenvalue weighted by atomic mass is 16.5. The summed E-state index contributed by atoms with van der Waals surface area (Å²) in [5.74, 6) is 0.604. The molecule has 0 radical (unpaired) electrons. The zero-order valence-electron chi connectivity index (χ0n) is 13.8. The zero-order valence-corrected chi connectivity index (χ0v) is 13.8. The van der Waals surface area contributed by atoms with E-state index in [4.69, 9.17) is 9.73 Å². The van der Waals surface area contributed by atoms with Gasteiger partial charge in [-0.3, -0.25) is 4.99 Å². The van der Waals surface area contributed by atoms with Crippen molar-refractivity contribution in [2.24, 2.45) is 4.99 Å². The average molecular weight is 310 g/mol. The van der Waals surface area contributed by atoms with Crippen molar-refractivity contribution in [1.29, 1.82) is 0 Å². The predicted molar refractivity (Wildman–Crippen MR) is 93.7 cm³/mol. The van der Waals surface area contributed by atoms with E-state index in [0.29, 0.717) is 5.75 Å². The molecule has 0 saturated heterocycles. The summed E-state index contributed by atoms with van der Waals surface area (Å²) in [7, 11) is 1.55. The zero-order chi connectivity index (χ0) is 16.4. The van der Waals surface area contributed by atoms with Gasteiger partial charge in [0.1, 0.15) is 6.17 Å². The summed E-state index contributed by atoms with van der Waals surface area (Å²) in [5, 5.41) is 13.9. The van der Waals surface area contributed by atoms with E-state index in [1.807, 2.05) is 12.1 Å². The van der Waals surface area contributed by atoms with E-state index < -0.39 is 0 Å². The molecule has 1 unspecified atom stereocenters. The predicted octanol–water partition coefficient (Wildman–Crippen LogP) is 4.29. The first-order valence-corrected chi connectivity index (χ1v) is 8.00. The van der Waals surface area contributed by atoms with Crippen molar-refractivity contribution in [2.75, 3.05) is 12.4 Å². The molecule has 0 amide bonds. The molecule has 1 atom stereocenters. The van der Waals surface area contributed by atoms with Crippen LogP contribution in [-0.2, 0) is 6.42 Å². The lowest BCUT2D eigenvalue weighted by Gasteiger charge is -2.28. The SMILES string of the molecule is CCC1=NC(c2cccc(OC)c2O)Nc2cccc(CC)c21. The molecule has 0 saturated carbocycles. The number of nitrogens with zero attached hydrogens (tertiary/aromatic N) is 1. The molecule has 3 rings (SSSR count). The Morgan fingerprint density at radius 1 is 1.13 bits per heavy atom. The highest BCUT2D eigenvalue weighted by molar-refractivity contribution is 6.07. The van der Waals surface area contributed by atoms with Gasteiger partial charge in [0.05, 0.1) is 7.11 Å². The van der Waals surface area contributed by atoms with Crippen LogP contribution in [0.4, 0.5) is 5.69 Å². The second-order valence-electron chi connectivity index (χ2n) is 5.57. The van der Waals surface area contributed by atoms with Gasteiger partial charge < -0.3 is 15.2 Å². The molecule has 2 aromatic rings. The minimum atomic E-state index is -0.306. The summed E-state index contributed by atoms with van der Waals surface area (Å²) in [6.07, 6.45) is 1.52. The van der Waals surface area contributed by atoms with Gasteiger partial charge in [0, 0.05) is 22.5 Å². The summed E-state index contributed by atoms with van der Waals surface area (Å²) < 4.78 is 5.21. The van der Waals surface area contributed by atoms with E-state index in [9.17, 15) is 5.11 Å². The summed E-state index contributed by atoms with van der Waals surface area (Å²) in [6, 6.07) is 11.8. The summed E-state index contributed by atoms with van der Waals surface area (Å²) in [6.45, 7) is 4.27. The fraction of sp³-hybridized carbons (Fsp3) is 0.316. The van der Waals surface area contributed by atoms with Crippen molar-refractivity contribution in [3.05, 3.63) is 53.1 Å². The molecule has 1 heterocycles. The Balaban J connectivity index is 2.09. The van der Waals surface area contributed by atoms with Gasteiger partial charge in [0.25, 0.3) is 0 Å². The van der Waals surface area contributed by atoms with E-state index in [1.165, 1.54) is 11.1 Å².